The molecule has 3 fully saturated rings. The number of pyridine rings is 1. The van der Waals surface area contributed by atoms with Gasteiger partial charge in [-0.3, -0.25) is 0 Å². The van der Waals surface area contributed by atoms with Gasteiger partial charge >= 0.3 is 5.97 Å². The molecule has 0 N–H and O–H groups in total. The van der Waals surface area contributed by atoms with Crippen LogP contribution >= 0.6 is 11.6 Å². The molecular formula is C22H26ClN3O3. The Balaban J connectivity index is 0.000000286. The van der Waals surface area contributed by atoms with Crippen LogP contribution in [0.3, 0.4) is 0 Å². The van der Waals surface area contributed by atoms with E-state index >= 15 is 0 Å². The highest BCUT2D eigenvalue weighted by atomic mass is 35.5. The quantitative estimate of drug-likeness (QED) is 0.411. The van der Waals surface area contributed by atoms with E-state index in [-0.39, 0.29) is 23.6 Å². The fourth-order valence-corrected chi connectivity index (χ4v) is 4.54. The number of carbonyl (C=O) groups is 1. The summed E-state index contributed by atoms with van der Waals surface area (Å²) in [4.78, 5) is 16.5. The van der Waals surface area contributed by atoms with Gasteiger partial charge in [-0.15, -0.1) is 6.42 Å². The third-order valence-corrected chi connectivity index (χ3v) is 6.10. The Morgan fingerprint density at radius 1 is 1.34 bits per heavy atom. The molecule has 6 nitrogen and oxygen atoms in total. The number of hydrogen-bond donors (Lipinski definition) is 0. The standard InChI is InChI=1S/C16H16ClN3O3.C6H10/c1-3-11-14-10(16(21)22-4-2)9-12(17)18-15(14)20(19-11)13-7-5-6-8-23-13;1-2-5-4-6(5)3-1/h1,9,13H,4-8H2,2H3;5-6H,1-4H2. The molecule has 2 aliphatic carbocycles. The van der Waals surface area contributed by atoms with Crippen LogP contribution < -0.4 is 0 Å². The van der Waals surface area contributed by atoms with E-state index in [1.54, 1.807) is 30.9 Å². The van der Waals surface area contributed by atoms with Crippen molar-refractivity contribution < 1.29 is 14.3 Å². The maximum atomic E-state index is 12.2. The summed E-state index contributed by atoms with van der Waals surface area (Å²) in [6.07, 6.45) is 14.4. The van der Waals surface area contributed by atoms with Crippen molar-refractivity contribution in [3.8, 4) is 12.3 Å². The number of nitrogens with zero attached hydrogens (tertiary/aromatic N) is 3. The Morgan fingerprint density at radius 3 is 2.69 bits per heavy atom. The summed E-state index contributed by atoms with van der Waals surface area (Å²) in [5.41, 5.74) is 1.05. The van der Waals surface area contributed by atoms with E-state index in [4.69, 9.17) is 27.5 Å². The van der Waals surface area contributed by atoms with Crippen LogP contribution in [0.4, 0.5) is 0 Å². The van der Waals surface area contributed by atoms with Crippen LogP contribution in [0.1, 0.15) is 74.1 Å². The molecule has 7 heteroatoms. The predicted molar refractivity (Wildman–Crippen MR) is 111 cm³/mol. The number of aromatic nitrogens is 3. The van der Waals surface area contributed by atoms with Crippen LogP contribution in [-0.4, -0.2) is 33.9 Å². The van der Waals surface area contributed by atoms with Crippen LogP contribution in [0.2, 0.25) is 5.15 Å². The van der Waals surface area contributed by atoms with Gasteiger partial charge in [0.15, 0.2) is 11.9 Å². The van der Waals surface area contributed by atoms with Gasteiger partial charge in [-0.1, -0.05) is 30.9 Å². The lowest BCUT2D eigenvalue weighted by molar-refractivity contribution is -0.0370. The van der Waals surface area contributed by atoms with E-state index in [9.17, 15) is 4.79 Å². The van der Waals surface area contributed by atoms with E-state index in [0.717, 1.165) is 19.3 Å². The molecule has 3 aliphatic rings. The molecule has 3 heterocycles. The highest BCUT2D eigenvalue weighted by molar-refractivity contribution is 6.30. The normalized spacial score (nSPS) is 24.9. The molecule has 0 aromatic carbocycles. The minimum absolute atomic E-state index is 0.182. The third-order valence-electron chi connectivity index (χ3n) is 5.91. The van der Waals surface area contributed by atoms with Crippen molar-refractivity contribution in [1.82, 2.24) is 14.8 Å². The smallest absolute Gasteiger partial charge is 0.339 e. The first kappa shape index (κ1) is 20.2. The number of terminal acetylenes is 1. The number of hydrogen-bond acceptors (Lipinski definition) is 5. The molecule has 3 unspecified atom stereocenters. The van der Waals surface area contributed by atoms with Crippen LogP contribution in [0.25, 0.3) is 11.0 Å². The molecule has 3 atom stereocenters. The molecular weight excluding hydrogens is 390 g/mol. The van der Waals surface area contributed by atoms with Crippen molar-refractivity contribution in [3.05, 3.63) is 22.5 Å². The molecule has 2 aromatic heterocycles. The fraction of sp³-hybridized carbons (Fsp3) is 0.591. The monoisotopic (exact) mass is 415 g/mol. The summed E-state index contributed by atoms with van der Waals surface area (Å²) in [6.45, 7) is 2.65. The van der Waals surface area contributed by atoms with E-state index in [1.807, 2.05) is 0 Å². The van der Waals surface area contributed by atoms with Gasteiger partial charge < -0.3 is 9.47 Å². The zero-order chi connectivity index (χ0) is 20.4. The Bertz CT molecular complexity index is 935. The first-order chi connectivity index (χ1) is 14.1. The van der Waals surface area contributed by atoms with E-state index < -0.39 is 5.97 Å². The number of halogens is 1. The van der Waals surface area contributed by atoms with E-state index in [2.05, 4.69) is 16.0 Å². The first-order valence-electron chi connectivity index (χ1n) is 10.5. The second-order valence-electron chi connectivity index (χ2n) is 7.86. The zero-order valence-corrected chi connectivity index (χ0v) is 17.5. The number of rotatable bonds is 3. The SMILES string of the molecule is C#Cc1nn(C2CCCCO2)c2nc(Cl)cc(C(=O)OCC)c12.C1CC2CC2C1. The zero-order valence-electron chi connectivity index (χ0n) is 16.7. The van der Waals surface area contributed by atoms with Crippen LogP contribution in [0.5, 0.6) is 0 Å². The molecule has 0 radical (unpaired) electrons. The van der Waals surface area contributed by atoms with Crippen molar-refractivity contribution >= 4 is 28.6 Å². The van der Waals surface area contributed by atoms with Crippen LogP contribution in [-0.2, 0) is 9.47 Å². The van der Waals surface area contributed by atoms with Gasteiger partial charge in [0.1, 0.15) is 10.8 Å². The van der Waals surface area contributed by atoms with Crippen molar-refractivity contribution in [3.63, 3.8) is 0 Å². The van der Waals surface area contributed by atoms with E-state index in [0.29, 0.717) is 23.3 Å². The van der Waals surface area contributed by atoms with Gasteiger partial charge in [-0.05, 0) is 56.4 Å². The molecule has 2 aromatic rings. The molecule has 0 bridgehead atoms. The summed E-state index contributed by atoms with van der Waals surface area (Å²) >= 11 is 6.08. The minimum atomic E-state index is -0.498. The van der Waals surface area contributed by atoms with Gasteiger partial charge in [-0.25, -0.2) is 14.5 Å². The van der Waals surface area contributed by atoms with Crippen molar-refractivity contribution in [2.75, 3.05) is 13.2 Å². The van der Waals surface area contributed by atoms with Crippen LogP contribution in [0.15, 0.2) is 6.07 Å². The molecule has 1 aliphatic heterocycles. The second kappa shape index (κ2) is 8.73. The lowest BCUT2D eigenvalue weighted by Gasteiger charge is -2.23. The Hall–Kier alpha value is -2.10. The summed E-state index contributed by atoms with van der Waals surface area (Å²) in [6, 6.07) is 1.45. The maximum Gasteiger partial charge on any atom is 0.339 e. The Kier molecular flexibility index (Phi) is 6.07. The highest BCUT2D eigenvalue weighted by Crippen LogP contribution is 2.51. The lowest BCUT2D eigenvalue weighted by atomic mass is 10.1. The Morgan fingerprint density at radius 2 is 2.14 bits per heavy atom. The van der Waals surface area contributed by atoms with Crippen molar-refractivity contribution in [2.45, 2.75) is 58.1 Å². The third kappa shape index (κ3) is 4.26. The topological polar surface area (TPSA) is 66.2 Å². The van der Waals surface area contributed by atoms with Gasteiger partial charge in [0, 0.05) is 6.61 Å². The average Bonchev–Trinajstić information content (AvgIpc) is 3.17. The summed E-state index contributed by atoms with van der Waals surface area (Å²) < 4.78 is 12.5. The number of esters is 1. The number of fused-ring (bicyclic) bond motifs is 2. The first-order valence-corrected chi connectivity index (χ1v) is 10.8. The highest BCUT2D eigenvalue weighted by Gasteiger charge is 2.40. The molecule has 5 rings (SSSR count). The molecule has 0 spiro atoms. The number of ether oxygens (including phenoxy) is 2. The molecule has 29 heavy (non-hydrogen) atoms. The lowest BCUT2D eigenvalue weighted by Crippen LogP contribution is -2.19. The van der Waals surface area contributed by atoms with Gasteiger partial charge in [0.2, 0.25) is 0 Å². The predicted octanol–water partition coefficient (Wildman–Crippen LogP) is 4.75. The molecule has 1 saturated heterocycles. The molecule has 0 amide bonds. The average molecular weight is 416 g/mol. The molecule has 154 valence electrons. The van der Waals surface area contributed by atoms with Crippen molar-refractivity contribution in [1.29, 1.82) is 0 Å². The minimum Gasteiger partial charge on any atom is -0.462 e. The summed E-state index contributed by atoms with van der Waals surface area (Å²) in [5.74, 6) is 4.44. The molecule has 2 saturated carbocycles. The fourth-order valence-electron chi connectivity index (χ4n) is 4.35. The summed E-state index contributed by atoms with van der Waals surface area (Å²) in [5, 5.41) is 5.06. The van der Waals surface area contributed by atoms with Gasteiger partial charge in [0.05, 0.1) is 17.6 Å². The van der Waals surface area contributed by atoms with Gasteiger partial charge in [-0.2, -0.15) is 5.10 Å². The van der Waals surface area contributed by atoms with E-state index in [1.165, 1.54) is 24.3 Å². The largest absolute Gasteiger partial charge is 0.462 e. The number of carbonyl (C=O) groups excluding carboxylic acids is 1. The van der Waals surface area contributed by atoms with Crippen molar-refractivity contribution in [2.24, 2.45) is 11.8 Å². The second-order valence-corrected chi connectivity index (χ2v) is 8.24. The maximum absolute atomic E-state index is 12.2. The van der Waals surface area contributed by atoms with Gasteiger partial charge in [0.25, 0.3) is 0 Å². The van der Waals surface area contributed by atoms with Crippen LogP contribution in [0, 0.1) is 24.2 Å². The Labute approximate surface area is 175 Å². The summed E-state index contributed by atoms with van der Waals surface area (Å²) in [7, 11) is 0.